The fourth-order valence-electron chi connectivity index (χ4n) is 2.21. The fourth-order valence-corrected chi connectivity index (χ4v) is 4.89. The van der Waals surface area contributed by atoms with Gasteiger partial charge in [-0.3, -0.25) is 4.79 Å². The maximum absolute atomic E-state index is 12.1. The molecule has 0 aliphatic heterocycles. The topological polar surface area (TPSA) is 67.3 Å². The Kier molecular flexibility index (Phi) is 7.00. The van der Waals surface area contributed by atoms with Crippen LogP contribution in [0.2, 0.25) is 0 Å². The molecule has 2 aromatic rings. The van der Waals surface area contributed by atoms with E-state index < -0.39 is 13.8 Å². The molecule has 0 bridgehead atoms. The van der Waals surface area contributed by atoms with Crippen LogP contribution in [-0.4, -0.2) is 27.7 Å². The highest BCUT2D eigenvalue weighted by atomic mass is 32.2. The van der Waals surface area contributed by atoms with E-state index in [2.05, 4.69) is 4.98 Å². The first-order valence-electron chi connectivity index (χ1n) is 7.67. The van der Waals surface area contributed by atoms with Crippen LogP contribution in [0, 0.1) is 5.92 Å². The summed E-state index contributed by atoms with van der Waals surface area (Å²) in [5.41, 5.74) is 1.52. The number of carboxylic acids is 1. The van der Waals surface area contributed by atoms with Crippen LogP contribution >= 0.6 is 19.6 Å². The SMILES string of the molecule is CC(CCC(=O)O)CC[P+](=O)CSc1ccc2ccccc2n1. The molecule has 0 aliphatic carbocycles. The van der Waals surface area contributed by atoms with Crippen molar-refractivity contribution in [2.75, 3.05) is 11.7 Å². The molecule has 122 valence electrons. The van der Waals surface area contributed by atoms with E-state index in [1.165, 1.54) is 11.8 Å². The Morgan fingerprint density at radius 2 is 2.04 bits per heavy atom. The van der Waals surface area contributed by atoms with Gasteiger partial charge in [0.05, 0.1) is 5.52 Å². The molecule has 1 aromatic carbocycles. The summed E-state index contributed by atoms with van der Waals surface area (Å²) in [7, 11) is -1.28. The third-order valence-corrected chi connectivity index (χ3v) is 6.60. The van der Waals surface area contributed by atoms with Gasteiger partial charge in [-0.25, -0.2) is 4.98 Å². The summed E-state index contributed by atoms with van der Waals surface area (Å²) < 4.78 is 12.1. The quantitative estimate of drug-likeness (QED) is 0.509. The van der Waals surface area contributed by atoms with Gasteiger partial charge < -0.3 is 5.11 Å². The molecule has 23 heavy (non-hydrogen) atoms. The molecule has 4 nitrogen and oxygen atoms in total. The molecule has 0 saturated heterocycles. The normalized spacial score (nSPS) is 13.0. The zero-order valence-corrected chi connectivity index (χ0v) is 14.9. The Hall–Kier alpha value is -1.45. The van der Waals surface area contributed by atoms with Gasteiger partial charge in [-0.05, 0) is 30.9 Å². The predicted octanol–water partition coefficient (Wildman–Crippen LogP) is 5.00. The minimum atomic E-state index is -1.28. The van der Waals surface area contributed by atoms with Crippen LogP contribution in [0.3, 0.4) is 0 Å². The van der Waals surface area contributed by atoms with Crippen LogP contribution in [0.4, 0.5) is 0 Å². The number of rotatable bonds is 9. The average molecular weight is 350 g/mol. The lowest BCUT2D eigenvalue weighted by Crippen LogP contribution is -2.02. The molecule has 0 spiro atoms. The molecule has 1 heterocycles. The van der Waals surface area contributed by atoms with E-state index in [9.17, 15) is 9.36 Å². The van der Waals surface area contributed by atoms with Gasteiger partial charge in [-0.2, -0.15) is 0 Å². The Balaban J connectivity index is 1.76. The highest BCUT2D eigenvalue weighted by Crippen LogP contribution is 2.33. The van der Waals surface area contributed by atoms with Gasteiger partial charge in [-0.1, -0.05) is 47.5 Å². The van der Waals surface area contributed by atoms with Gasteiger partial charge in [0.15, 0.2) is 5.49 Å². The number of pyridine rings is 1. The van der Waals surface area contributed by atoms with Crippen molar-refractivity contribution < 1.29 is 14.5 Å². The van der Waals surface area contributed by atoms with E-state index in [4.69, 9.17) is 5.11 Å². The van der Waals surface area contributed by atoms with Gasteiger partial charge in [-0.15, -0.1) is 0 Å². The number of carbonyl (C=O) groups is 1. The monoisotopic (exact) mass is 350 g/mol. The molecule has 1 N–H and O–H groups in total. The lowest BCUT2D eigenvalue weighted by atomic mass is 10.0. The molecule has 0 aliphatic rings. The number of hydrogen-bond acceptors (Lipinski definition) is 4. The lowest BCUT2D eigenvalue weighted by molar-refractivity contribution is -0.137. The molecular formula is C17H21NO3PS+. The van der Waals surface area contributed by atoms with Crippen molar-refractivity contribution in [3.63, 3.8) is 0 Å². The van der Waals surface area contributed by atoms with Crippen LogP contribution < -0.4 is 0 Å². The molecular weight excluding hydrogens is 329 g/mol. The van der Waals surface area contributed by atoms with E-state index in [0.29, 0.717) is 24.0 Å². The second-order valence-electron chi connectivity index (χ2n) is 5.65. The summed E-state index contributed by atoms with van der Waals surface area (Å²) in [4.78, 5) is 15.1. The molecule has 2 atom stereocenters. The maximum Gasteiger partial charge on any atom is 0.349 e. The first-order valence-corrected chi connectivity index (χ1v) is 10.3. The third kappa shape index (κ3) is 6.28. The fraction of sp³-hybridized carbons (Fsp3) is 0.412. The van der Waals surface area contributed by atoms with Crippen molar-refractivity contribution in [1.82, 2.24) is 4.98 Å². The minimum Gasteiger partial charge on any atom is -0.481 e. The van der Waals surface area contributed by atoms with Crippen molar-refractivity contribution in [2.45, 2.75) is 31.2 Å². The van der Waals surface area contributed by atoms with Gasteiger partial charge in [0.25, 0.3) is 0 Å². The van der Waals surface area contributed by atoms with Crippen molar-refractivity contribution in [1.29, 1.82) is 0 Å². The largest absolute Gasteiger partial charge is 0.481 e. The summed E-state index contributed by atoms with van der Waals surface area (Å²) in [6.07, 6.45) is 2.30. The Morgan fingerprint density at radius 3 is 2.83 bits per heavy atom. The highest BCUT2D eigenvalue weighted by molar-refractivity contribution is 8.03. The van der Waals surface area contributed by atoms with Gasteiger partial charge in [0.2, 0.25) is 0 Å². The number of fused-ring (bicyclic) bond motifs is 1. The Bertz CT molecular complexity index is 692. The number of thioether (sulfide) groups is 1. The predicted molar refractivity (Wildman–Crippen MR) is 95.6 cm³/mol. The first kappa shape index (κ1) is 17.9. The lowest BCUT2D eigenvalue weighted by Gasteiger charge is -2.05. The molecule has 2 unspecified atom stereocenters. The molecule has 2 rings (SSSR count). The van der Waals surface area contributed by atoms with Crippen LogP contribution in [0.25, 0.3) is 10.9 Å². The van der Waals surface area contributed by atoms with E-state index >= 15 is 0 Å². The zero-order chi connectivity index (χ0) is 16.7. The number of aromatic nitrogens is 1. The third-order valence-electron chi connectivity index (χ3n) is 3.65. The van der Waals surface area contributed by atoms with Crippen molar-refractivity contribution >= 4 is 36.4 Å². The molecule has 0 fully saturated rings. The van der Waals surface area contributed by atoms with E-state index in [0.717, 1.165) is 22.3 Å². The highest BCUT2D eigenvalue weighted by Gasteiger charge is 2.18. The van der Waals surface area contributed by atoms with E-state index in [-0.39, 0.29) is 6.42 Å². The average Bonchev–Trinajstić information content (AvgIpc) is 2.56. The Morgan fingerprint density at radius 1 is 1.26 bits per heavy atom. The summed E-state index contributed by atoms with van der Waals surface area (Å²) in [5.74, 6) is -0.465. The van der Waals surface area contributed by atoms with Crippen LogP contribution in [0.5, 0.6) is 0 Å². The van der Waals surface area contributed by atoms with Crippen LogP contribution in [0.1, 0.15) is 26.2 Å². The van der Waals surface area contributed by atoms with Crippen LogP contribution in [0.15, 0.2) is 41.4 Å². The second kappa shape index (κ2) is 8.99. The summed E-state index contributed by atoms with van der Waals surface area (Å²) in [5, 5.41) is 10.7. The molecule has 0 amide bonds. The number of nitrogens with zero attached hydrogens (tertiary/aromatic N) is 1. The Labute approximate surface area is 141 Å². The maximum atomic E-state index is 12.1. The van der Waals surface area contributed by atoms with Crippen LogP contribution in [-0.2, 0) is 9.36 Å². The van der Waals surface area contributed by atoms with Gasteiger partial charge in [0.1, 0.15) is 11.2 Å². The number of aliphatic carboxylic acids is 1. The summed E-state index contributed by atoms with van der Waals surface area (Å²) in [6, 6.07) is 11.9. The summed E-state index contributed by atoms with van der Waals surface area (Å²) in [6.45, 7) is 2.02. The van der Waals surface area contributed by atoms with Crippen molar-refractivity contribution in [3.8, 4) is 0 Å². The number of hydrogen-bond donors (Lipinski definition) is 1. The van der Waals surface area contributed by atoms with Crippen molar-refractivity contribution in [2.24, 2.45) is 5.92 Å². The van der Waals surface area contributed by atoms with Crippen molar-refractivity contribution in [3.05, 3.63) is 36.4 Å². The summed E-state index contributed by atoms with van der Waals surface area (Å²) >= 11 is 1.52. The molecule has 0 saturated carbocycles. The zero-order valence-electron chi connectivity index (χ0n) is 13.1. The number of carboxylic acid groups (broad SMARTS) is 1. The number of benzene rings is 1. The van der Waals surface area contributed by atoms with Gasteiger partial charge in [0, 0.05) is 11.8 Å². The van der Waals surface area contributed by atoms with E-state index in [1.54, 1.807) is 0 Å². The molecule has 0 radical (unpaired) electrons. The molecule has 1 aromatic heterocycles. The second-order valence-corrected chi connectivity index (χ2v) is 8.80. The molecule has 6 heteroatoms. The van der Waals surface area contributed by atoms with Gasteiger partial charge >= 0.3 is 13.8 Å². The number of para-hydroxylation sites is 1. The standard InChI is InChI=1S/C17H20NO3PS/c1-13(6-9-17(19)20)10-11-22(21)12-23-16-8-7-14-4-2-3-5-15(14)18-16/h2-5,7-8,13H,6,9-12H2,1H3/p+1. The minimum absolute atomic E-state index is 0.188. The first-order chi connectivity index (χ1) is 11.0. The smallest absolute Gasteiger partial charge is 0.349 e. The van der Waals surface area contributed by atoms with E-state index in [1.807, 2.05) is 43.3 Å².